The molecule has 0 radical (unpaired) electrons. The lowest BCUT2D eigenvalue weighted by atomic mass is 10.3. The Balaban J connectivity index is 3.53. The van der Waals surface area contributed by atoms with Crippen LogP contribution in [0.15, 0.2) is 0 Å². The summed E-state index contributed by atoms with van der Waals surface area (Å²) in [6.45, 7) is 1.80. The normalized spacial score (nSPS) is 15.4. The number of sulfone groups is 1. The fourth-order valence-electron chi connectivity index (χ4n) is 0.400. The fraction of sp³-hybridized carbons (Fsp3) is 1.00. The third-order valence-electron chi connectivity index (χ3n) is 0.944. The van der Waals surface area contributed by atoms with Crippen molar-refractivity contribution in [2.24, 2.45) is 5.73 Å². The number of hydrogen-bond acceptors (Lipinski definition) is 3. The van der Waals surface area contributed by atoms with Gasteiger partial charge in [-0.15, -0.1) is 0 Å². The first kappa shape index (κ1) is 8.91. The van der Waals surface area contributed by atoms with Gasteiger partial charge in [0.25, 0.3) is 0 Å². The van der Waals surface area contributed by atoms with Gasteiger partial charge in [-0.3, -0.25) is 0 Å². The van der Waals surface area contributed by atoms with Crippen LogP contribution in [0.1, 0.15) is 13.3 Å². The van der Waals surface area contributed by atoms with Gasteiger partial charge in [0.05, 0.1) is 5.75 Å². The molecule has 1 atom stereocenters. The van der Waals surface area contributed by atoms with E-state index in [0.29, 0.717) is 6.42 Å². The second-order valence-corrected chi connectivity index (χ2v) is 4.66. The van der Waals surface area contributed by atoms with Crippen molar-refractivity contribution < 1.29 is 8.42 Å². The van der Waals surface area contributed by atoms with E-state index in [1.807, 2.05) is 0 Å². The minimum atomic E-state index is -2.80. The average Bonchev–Trinajstić information content (AvgIpc) is 1.59. The monoisotopic (exact) mass is 151 g/mol. The molecule has 9 heavy (non-hydrogen) atoms. The molecule has 0 heterocycles. The molecule has 3 nitrogen and oxygen atoms in total. The summed E-state index contributed by atoms with van der Waals surface area (Å²) in [5.41, 5.74) is 5.34. The number of hydrogen-bond donors (Lipinski definition) is 1. The van der Waals surface area contributed by atoms with E-state index in [1.165, 1.54) is 6.26 Å². The minimum absolute atomic E-state index is 0.0141. The standard InChI is InChI=1S/C5H13NO2S/c1-5(6)3-4-9(2,7)8/h5H,3-4,6H2,1-2H3/t5-/m1/s1. The van der Waals surface area contributed by atoms with Crippen LogP contribution in [0.5, 0.6) is 0 Å². The smallest absolute Gasteiger partial charge is 0.147 e. The predicted octanol–water partition coefficient (Wildman–Crippen LogP) is -0.232. The molecule has 0 rings (SSSR count). The zero-order valence-corrected chi connectivity index (χ0v) is 6.61. The van der Waals surface area contributed by atoms with Crippen LogP contribution in [0.25, 0.3) is 0 Å². The molecule has 0 fully saturated rings. The lowest BCUT2D eigenvalue weighted by Crippen LogP contribution is -2.19. The molecule has 0 unspecified atom stereocenters. The maximum atomic E-state index is 10.5. The van der Waals surface area contributed by atoms with E-state index >= 15 is 0 Å². The fourth-order valence-corrected chi connectivity index (χ4v) is 1.20. The zero-order chi connectivity index (χ0) is 7.49. The van der Waals surface area contributed by atoms with Crippen LogP contribution in [0.4, 0.5) is 0 Å². The van der Waals surface area contributed by atoms with Crippen molar-refractivity contribution in [2.45, 2.75) is 19.4 Å². The van der Waals surface area contributed by atoms with Crippen molar-refractivity contribution in [1.29, 1.82) is 0 Å². The third kappa shape index (κ3) is 7.91. The largest absolute Gasteiger partial charge is 0.328 e. The maximum absolute atomic E-state index is 10.5. The van der Waals surface area contributed by atoms with Crippen molar-refractivity contribution in [3.8, 4) is 0 Å². The van der Waals surface area contributed by atoms with Gasteiger partial charge in [0.1, 0.15) is 9.84 Å². The van der Waals surface area contributed by atoms with Gasteiger partial charge in [0.2, 0.25) is 0 Å². The Labute approximate surface area is 56.2 Å². The average molecular weight is 151 g/mol. The summed E-state index contributed by atoms with van der Waals surface area (Å²) in [6.07, 6.45) is 1.77. The molecule has 0 saturated carbocycles. The number of nitrogens with two attached hydrogens (primary N) is 1. The molecule has 0 bridgehead atoms. The summed E-state index contributed by atoms with van der Waals surface area (Å²) in [6, 6.07) is -0.0141. The Bertz CT molecular complexity index is 160. The van der Waals surface area contributed by atoms with Crippen LogP contribution < -0.4 is 5.73 Å². The highest BCUT2D eigenvalue weighted by Gasteiger charge is 2.02. The Morgan fingerprint density at radius 3 is 2.11 bits per heavy atom. The van der Waals surface area contributed by atoms with Gasteiger partial charge in [-0.25, -0.2) is 8.42 Å². The van der Waals surface area contributed by atoms with E-state index < -0.39 is 9.84 Å². The van der Waals surface area contributed by atoms with Crippen molar-refractivity contribution in [3.63, 3.8) is 0 Å². The third-order valence-corrected chi connectivity index (χ3v) is 1.92. The summed E-state index contributed by atoms with van der Waals surface area (Å²) >= 11 is 0. The number of rotatable bonds is 3. The van der Waals surface area contributed by atoms with Gasteiger partial charge in [0, 0.05) is 12.3 Å². The Kier molecular flexibility index (Phi) is 3.14. The van der Waals surface area contributed by atoms with Crippen LogP contribution in [-0.2, 0) is 9.84 Å². The summed E-state index contributed by atoms with van der Waals surface area (Å²) in [5.74, 6) is 0.199. The van der Waals surface area contributed by atoms with Crippen molar-refractivity contribution in [3.05, 3.63) is 0 Å². The summed E-state index contributed by atoms with van der Waals surface area (Å²) in [4.78, 5) is 0. The Morgan fingerprint density at radius 1 is 1.56 bits per heavy atom. The molecule has 0 aliphatic heterocycles. The Morgan fingerprint density at radius 2 is 2.00 bits per heavy atom. The molecule has 0 amide bonds. The molecule has 0 aliphatic carbocycles. The highest BCUT2D eigenvalue weighted by Crippen LogP contribution is 1.91. The van der Waals surface area contributed by atoms with Gasteiger partial charge in [-0.1, -0.05) is 0 Å². The molecule has 56 valence electrons. The first-order valence-corrected chi connectivity index (χ1v) is 4.91. The van der Waals surface area contributed by atoms with Crippen LogP contribution in [0.2, 0.25) is 0 Å². The zero-order valence-electron chi connectivity index (χ0n) is 5.79. The van der Waals surface area contributed by atoms with Crippen LogP contribution in [-0.4, -0.2) is 26.5 Å². The van der Waals surface area contributed by atoms with E-state index in [9.17, 15) is 8.42 Å². The summed E-state index contributed by atoms with van der Waals surface area (Å²) in [5, 5.41) is 0. The first-order valence-electron chi connectivity index (χ1n) is 2.85. The first-order chi connectivity index (χ1) is 3.92. The quantitative estimate of drug-likeness (QED) is 0.606. The van der Waals surface area contributed by atoms with Crippen LogP contribution in [0, 0.1) is 0 Å². The lowest BCUT2D eigenvalue weighted by Gasteiger charge is -2.00. The lowest BCUT2D eigenvalue weighted by molar-refractivity contribution is 0.593. The van der Waals surface area contributed by atoms with E-state index in [0.717, 1.165) is 0 Å². The highest BCUT2D eigenvalue weighted by atomic mass is 32.2. The second kappa shape index (κ2) is 3.17. The molecule has 4 heteroatoms. The van der Waals surface area contributed by atoms with Crippen molar-refractivity contribution >= 4 is 9.84 Å². The molecule has 0 aromatic heterocycles. The Hall–Kier alpha value is -0.0900. The highest BCUT2D eigenvalue weighted by molar-refractivity contribution is 7.90. The SMILES string of the molecule is C[C@@H](N)CCS(C)(=O)=O. The van der Waals surface area contributed by atoms with Gasteiger partial charge in [-0.05, 0) is 13.3 Å². The summed E-state index contributed by atoms with van der Waals surface area (Å²) < 4.78 is 21.0. The molecule has 2 N–H and O–H groups in total. The molecular weight excluding hydrogens is 138 g/mol. The van der Waals surface area contributed by atoms with E-state index in [2.05, 4.69) is 0 Å². The molecule has 0 aliphatic rings. The van der Waals surface area contributed by atoms with E-state index in [4.69, 9.17) is 5.73 Å². The van der Waals surface area contributed by atoms with Gasteiger partial charge < -0.3 is 5.73 Å². The summed E-state index contributed by atoms with van der Waals surface area (Å²) in [7, 11) is -2.80. The van der Waals surface area contributed by atoms with Gasteiger partial charge >= 0.3 is 0 Å². The van der Waals surface area contributed by atoms with Crippen molar-refractivity contribution in [2.75, 3.05) is 12.0 Å². The van der Waals surface area contributed by atoms with E-state index in [1.54, 1.807) is 6.92 Å². The molecule has 0 aromatic carbocycles. The van der Waals surface area contributed by atoms with Crippen LogP contribution in [0.3, 0.4) is 0 Å². The van der Waals surface area contributed by atoms with Crippen molar-refractivity contribution in [1.82, 2.24) is 0 Å². The topological polar surface area (TPSA) is 60.2 Å². The maximum Gasteiger partial charge on any atom is 0.147 e. The van der Waals surface area contributed by atoms with Gasteiger partial charge in [-0.2, -0.15) is 0 Å². The second-order valence-electron chi connectivity index (χ2n) is 2.40. The minimum Gasteiger partial charge on any atom is -0.328 e. The van der Waals surface area contributed by atoms with Crippen LogP contribution >= 0.6 is 0 Å². The molecule has 0 spiro atoms. The van der Waals surface area contributed by atoms with Gasteiger partial charge in [0.15, 0.2) is 0 Å². The molecule has 0 saturated heterocycles. The molecule has 0 aromatic rings. The molecular formula is C5H13NO2S. The predicted molar refractivity (Wildman–Crippen MR) is 38.0 cm³/mol. The van der Waals surface area contributed by atoms with E-state index in [-0.39, 0.29) is 11.8 Å².